The lowest BCUT2D eigenvalue weighted by atomic mass is 10.1. The first-order chi connectivity index (χ1) is 7.36. The van der Waals surface area contributed by atoms with Crippen LogP contribution in [0, 0.1) is 0 Å². The predicted octanol–water partition coefficient (Wildman–Crippen LogP) is 1.42. The van der Waals surface area contributed by atoms with Crippen LogP contribution >= 0.6 is 12.6 Å². The number of rotatable bonds is 3. The van der Waals surface area contributed by atoms with E-state index in [4.69, 9.17) is 0 Å². The minimum absolute atomic E-state index is 0.0581. The third-order valence-corrected chi connectivity index (χ3v) is 2.35. The van der Waals surface area contributed by atoms with Gasteiger partial charge in [-0.05, 0) is 6.07 Å². The number of hydrogen-bond acceptors (Lipinski definition) is 4. The minimum atomic E-state index is -4.52. The first-order valence-corrected chi connectivity index (χ1v) is 4.98. The van der Waals surface area contributed by atoms with Crippen molar-refractivity contribution < 1.29 is 23.4 Å². The molecule has 3 nitrogen and oxygen atoms in total. The highest BCUT2D eigenvalue weighted by Gasteiger charge is 2.32. The van der Waals surface area contributed by atoms with E-state index in [0.717, 1.165) is 12.3 Å². The monoisotopic (exact) mass is 253 g/mol. The lowest BCUT2D eigenvalue weighted by Crippen LogP contribution is -2.20. The molecule has 2 N–H and O–H groups in total. The fourth-order valence-corrected chi connectivity index (χ4v) is 1.30. The van der Waals surface area contributed by atoms with Gasteiger partial charge in [0.15, 0.2) is 0 Å². The summed E-state index contributed by atoms with van der Waals surface area (Å²) < 4.78 is 36.9. The molecule has 0 saturated carbocycles. The minimum Gasteiger partial charge on any atom is -0.389 e. The average molecular weight is 253 g/mol. The van der Waals surface area contributed by atoms with Gasteiger partial charge in [-0.1, -0.05) is 0 Å². The molecule has 0 saturated heterocycles. The summed E-state index contributed by atoms with van der Waals surface area (Å²) in [4.78, 5) is 3.37. The molecule has 7 heteroatoms. The van der Waals surface area contributed by atoms with E-state index >= 15 is 0 Å². The van der Waals surface area contributed by atoms with E-state index in [9.17, 15) is 23.4 Å². The van der Waals surface area contributed by atoms with E-state index in [1.807, 2.05) is 0 Å². The van der Waals surface area contributed by atoms with Crippen LogP contribution in [-0.2, 0) is 6.18 Å². The van der Waals surface area contributed by atoms with Gasteiger partial charge in [0.1, 0.15) is 6.10 Å². The zero-order chi connectivity index (χ0) is 12.3. The van der Waals surface area contributed by atoms with Crippen molar-refractivity contribution in [3.05, 3.63) is 29.6 Å². The fourth-order valence-electron chi connectivity index (χ4n) is 1.10. The van der Waals surface area contributed by atoms with Gasteiger partial charge in [-0.3, -0.25) is 4.98 Å². The molecule has 0 aromatic carbocycles. The summed E-state index contributed by atoms with van der Waals surface area (Å²) in [5.41, 5.74) is -1.05. The van der Waals surface area contributed by atoms with Gasteiger partial charge in [0.05, 0.1) is 11.7 Å². The van der Waals surface area contributed by atoms with Crippen LogP contribution in [0.15, 0.2) is 18.5 Å². The first kappa shape index (κ1) is 13.3. The smallest absolute Gasteiger partial charge is 0.389 e. The average Bonchev–Trinajstić information content (AvgIpc) is 2.26. The van der Waals surface area contributed by atoms with Crippen molar-refractivity contribution in [2.75, 3.05) is 5.75 Å². The Balaban J connectivity index is 2.99. The van der Waals surface area contributed by atoms with Crippen LogP contribution in [0.4, 0.5) is 13.2 Å². The number of aromatic nitrogens is 1. The van der Waals surface area contributed by atoms with Gasteiger partial charge in [-0.25, -0.2) is 0 Å². The Morgan fingerprint density at radius 3 is 2.44 bits per heavy atom. The van der Waals surface area contributed by atoms with Gasteiger partial charge < -0.3 is 10.2 Å². The number of pyridine rings is 1. The van der Waals surface area contributed by atoms with Crippen molar-refractivity contribution in [1.82, 2.24) is 4.98 Å². The number of aliphatic hydroxyl groups excluding tert-OH is 2. The zero-order valence-electron chi connectivity index (χ0n) is 8.02. The Morgan fingerprint density at radius 1 is 1.31 bits per heavy atom. The largest absolute Gasteiger partial charge is 0.417 e. The van der Waals surface area contributed by atoms with Crippen LogP contribution in [-0.4, -0.2) is 27.1 Å². The molecule has 16 heavy (non-hydrogen) atoms. The Kier molecular flexibility index (Phi) is 4.17. The van der Waals surface area contributed by atoms with E-state index in [1.54, 1.807) is 0 Å². The Labute approximate surface area is 95.4 Å². The van der Waals surface area contributed by atoms with E-state index in [0.29, 0.717) is 6.20 Å². The summed E-state index contributed by atoms with van der Waals surface area (Å²) in [5, 5.41) is 18.7. The maximum atomic E-state index is 12.3. The van der Waals surface area contributed by atoms with Crippen molar-refractivity contribution in [1.29, 1.82) is 0 Å². The van der Waals surface area contributed by atoms with Gasteiger partial charge in [0.25, 0.3) is 0 Å². The van der Waals surface area contributed by atoms with Gasteiger partial charge in [-0.15, -0.1) is 0 Å². The van der Waals surface area contributed by atoms with Crippen molar-refractivity contribution in [3.8, 4) is 0 Å². The highest BCUT2D eigenvalue weighted by molar-refractivity contribution is 7.80. The molecule has 0 radical (unpaired) electrons. The second kappa shape index (κ2) is 5.03. The molecule has 0 bridgehead atoms. The Bertz CT molecular complexity index is 359. The maximum Gasteiger partial charge on any atom is 0.417 e. The molecule has 0 spiro atoms. The number of hydrogen-bond donors (Lipinski definition) is 3. The molecule has 0 amide bonds. The van der Waals surface area contributed by atoms with E-state index in [2.05, 4.69) is 17.6 Å². The van der Waals surface area contributed by atoms with Crippen molar-refractivity contribution >= 4 is 12.6 Å². The zero-order valence-corrected chi connectivity index (χ0v) is 8.91. The molecule has 0 fully saturated rings. The fraction of sp³-hybridized carbons (Fsp3) is 0.444. The molecule has 1 heterocycles. The summed E-state index contributed by atoms with van der Waals surface area (Å²) in [6, 6.07) is 0.754. The third-order valence-electron chi connectivity index (χ3n) is 1.98. The van der Waals surface area contributed by atoms with Crippen molar-refractivity contribution in [3.63, 3.8) is 0 Å². The number of aliphatic hydroxyl groups is 2. The van der Waals surface area contributed by atoms with Gasteiger partial charge >= 0.3 is 6.18 Å². The second-order valence-electron chi connectivity index (χ2n) is 3.20. The molecule has 0 aliphatic carbocycles. The number of halogens is 3. The molecule has 90 valence electrons. The summed E-state index contributed by atoms with van der Waals surface area (Å²) in [5.74, 6) is -0.0581. The Hall–Kier alpha value is -0.790. The Morgan fingerprint density at radius 2 is 1.94 bits per heavy atom. The van der Waals surface area contributed by atoms with Crippen molar-refractivity contribution in [2.45, 2.75) is 18.4 Å². The maximum absolute atomic E-state index is 12.3. The molecular formula is C9H10F3NO2S. The lowest BCUT2D eigenvalue weighted by Gasteiger charge is -2.16. The second-order valence-corrected chi connectivity index (χ2v) is 3.56. The molecular weight excluding hydrogens is 243 g/mol. The van der Waals surface area contributed by atoms with E-state index in [-0.39, 0.29) is 11.3 Å². The predicted molar refractivity (Wildman–Crippen MR) is 54.1 cm³/mol. The van der Waals surface area contributed by atoms with E-state index < -0.39 is 23.9 Å². The SMILES string of the molecule is OC(CS)C(O)c1cncc(C(F)(F)F)c1. The van der Waals surface area contributed by atoms with Gasteiger partial charge in [-0.2, -0.15) is 25.8 Å². The van der Waals surface area contributed by atoms with Gasteiger partial charge in [0.2, 0.25) is 0 Å². The van der Waals surface area contributed by atoms with Gasteiger partial charge in [0, 0.05) is 23.7 Å². The summed E-state index contributed by atoms with van der Waals surface area (Å²) in [6.07, 6.45) is -5.44. The van der Waals surface area contributed by atoms with Crippen LogP contribution in [0.1, 0.15) is 17.2 Å². The molecule has 1 aromatic heterocycles. The van der Waals surface area contributed by atoms with Crippen molar-refractivity contribution in [2.24, 2.45) is 0 Å². The number of alkyl halides is 3. The quantitative estimate of drug-likeness (QED) is 0.714. The van der Waals surface area contributed by atoms with Crippen LogP contribution in [0.25, 0.3) is 0 Å². The number of nitrogens with zero attached hydrogens (tertiary/aromatic N) is 1. The highest BCUT2D eigenvalue weighted by Crippen LogP contribution is 2.30. The summed E-state index contributed by atoms with van der Waals surface area (Å²) in [6.45, 7) is 0. The lowest BCUT2D eigenvalue weighted by molar-refractivity contribution is -0.138. The standard InChI is InChI=1S/C9H10F3NO2S/c10-9(11,12)6-1-5(2-13-3-6)8(15)7(14)4-16/h1-3,7-8,14-16H,4H2. The normalized spacial score (nSPS) is 15.9. The molecule has 1 rings (SSSR count). The highest BCUT2D eigenvalue weighted by atomic mass is 32.1. The van der Waals surface area contributed by atoms with Crippen LogP contribution in [0.2, 0.25) is 0 Å². The molecule has 0 aliphatic heterocycles. The molecule has 2 atom stereocenters. The van der Waals surface area contributed by atoms with Crippen LogP contribution in [0.5, 0.6) is 0 Å². The van der Waals surface area contributed by atoms with Crippen LogP contribution in [0.3, 0.4) is 0 Å². The summed E-state index contributed by atoms with van der Waals surface area (Å²) >= 11 is 3.74. The molecule has 1 aromatic rings. The molecule has 2 unspecified atom stereocenters. The summed E-state index contributed by atoms with van der Waals surface area (Å²) in [7, 11) is 0. The molecule has 0 aliphatic rings. The van der Waals surface area contributed by atoms with E-state index in [1.165, 1.54) is 0 Å². The first-order valence-electron chi connectivity index (χ1n) is 4.35. The topological polar surface area (TPSA) is 53.4 Å². The third kappa shape index (κ3) is 3.10. The van der Waals surface area contributed by atoms with Crippen LogP contribution < -0.4 is 0 Å². The number of thiol groups is 1.